The minimum atomic E-state index is -0.444. The van der Waals surface area contributed by atoms with Crippen LogP contribution in [0.5, 0.6) is 0 Å². The molecule has 0 aliphatic heterocycles. The van der Waals surface area contributed by atoms with Crippen molar-refractivity contribution in [2.24, 2.45) is 0 Å². The maximum absolute atomic E-state index is 11.5. The van der Waals surface area contributed by atoms with Crippen molar-refractivity contribution in [3.8, 4) is 0 Å². The molecule has 0 aliphatic carbocycles. The van der Waals surface area contributed by atoms with Crippen molar-refractivity contribution >= 4 is 17.6 Å². The monoisotopic (exact) mass is 266 g/mol. The Hall–Kier alpha value is -2.11. The van der Waals surface area contributed by atoms with Crippen molar-refractivity contribution in [2.75, 3.05) is 25.6 Å². The van der Waals surface area contributed by atoms with Gasteiger partial charge in [-0.05, 0) is 19.4 Å². The molecule has 6 heteroatoms. The number of hydrogen-bond donors (Lipinski definition) is 1. The van der Waals surface area contributed by atoms with Crippen molar-refractivity contribution in [1.82, 2.24) is 4.98 Å². The van der Waals surface area contributed by atoms with Gasteiger partial charge >= 0.3 is 11.9 Å². The predicted molar refractivity (Wildman–Crippen MR) is 69.9 cm³/mol. The molecule has 0 radical (unpaired) electrons. The number of aromatic nitrogens is 1. The molecule has 0 aromatic carbocycles. The zero-order valence-corrected chi connectivity index (χ0v) is 11.1. The molecule has 0 saturated heterocycles. The van der Waals surface area contributed by atoms with E-state index in [1.165, 1.54) is 13.3 Å². The van der Waals surface area contributed by atoms with Crippen LogP contribution in [0, 0.1) is 0 Å². The van der Waals surface area contributed by atoms with Gasteiger partial charge in [0.25, 0.3) is 0 Å². The molecular formula is C13H18N2O4. The number of carbonyl (C=O) groups excluding carboxylic acids is 2. The van der Waals surface area contributed by atoms with Crippen LogP contribution < -0.4 is 5.32 Å². The molecular weight excluding hydrogens is 248 g/mol. The normalized spacial score (nSPS) is 9.79. The molecule has 1 aromatic rings. The molecule has 1 heterocycles. The molecule has 0 spiro atoms. The van der Waals surface area contributed by atoms with Gasteiger partial charge in [0.05, 0.1) is 19.4 Å². The van der Waals surface area contributed by atoms with Crippen LogP contribution in [0.4, 0.5) is 5.69 Å². The number of ether oxygens (including phenoxy) is 2. The third-order valence-corrected chi connectivity index (χ3v) is 2.40. The van der Waals surface area contributed by atoms with Crippen LogP contribution in [-0.2, 0) is 14.3 Å². The van der Waals surface area contributed by atoms with E-state index in [0.717, 1.165) is 0 Å². The maximum atomic E-state index is 11.5. The number of rotatable bonds is 7. The van der Waals surface area contributed by atoms with Gasteiger partial charge in [-0.1, -0.05) is 0 Å². The van der Waals surface area contributed by atoms with Crippen LogP contribution in [0.25, 0.3) is 0 Å². The van der Waals surface area contributed by atoms with E-state index in [4.69, 9.17) is 4.74 Å². The quantitative estimate of drug-likeness (QED) is 0.597. The molecule has 0 aliphatic rings. The lowest BCUT2D eigenvalue weighted by atomic mass is 10.2. The molecule has 1 rings (SSSR count). The smallest absolute Gasteiger partial charge is 0.341 e. The van der Waals surface area contributed by atoms with Crippen molar-refractivity contribution in [3.05, 3.63) is 24.0 Å². The van der Waals surface area contributed by atoms with E-state index < -0.39 is 5.97 Å². The van der Waals surface area contributed by atoms with Crippen LogP contribution in [0.2, 0.25) is 0 Å². The summed E-state index contributed by atoms with van der Waals surface area (Å²) in [5, 5.41) is 3.08. The molecule has 0 unspecified atom stereocenters. The van der Waals surface area contributed by atoms with Gasteiger partial charge in [-0.15, -0.1) is 0 Å². The molecule has 0 saturated carbocycles. The molecule has 0 bridgehead atoms. The summed E-state index contributed by atoms with van der Waals surface area (Å²) < 4.78 is 9.48. The average Bonchev–Trinajstić information content (AvgIpc) is 2.43. The fourth-order valence-electron chi connectivity index (χ4n) is 1.51. The molecule has 104 valence electrons. The Kier molecular flexibility index (Phi) is 6.35. The lowest BCUT2D eigenvalue weighted by molar-refractivity contribution is -0.143. The zero-order valence-electron chi connectivity index (χ0n) is 11.1. The highest BCUT2D eigenvalue weighted by Gasteiger charge is 2.11. The predicted octanol–water partition coefficient (Wildman–Crippen LogP) is 1.62. The van der Waals surface area contributed by atoms with Gasteiger partial charge in [0.1, 0.15) is 5.56 Å². The first-order chi connectivity index (χ1) is 9.19. The Balaban J connectivity index is 2.45. The lowest BCUT2D eigenvalue weighted by Crippen LogP contribution is -2.11. The summed E-state index contributed by atoms with van der Waals surface area (Å²) in [4.78, 5) is 26.5. The number of carbonyl (C=O) groups is 2. The summed E-state index contributed by atoms with van der Waals surface area (Å²) in [7, 11) is 1.32. The molecule has 0 amide bonds. The van der Waals surface area contributed by atoms with Crippen molar-refractivity contribution in [1.29, 1.82) is 0 Å². The van der Waals surface area contributed by atoms with Gasteiger partial charge < -0.3 is 14.8 Å². The number of esters is 2. The van der Waals surface area contributed by atoms with Crippen LogP contribution in [0.15, 0.2) is 18.5 Å². The molecule has 19 heavy (non-hydrogen) atoms. The van der Waals surface area contributed by atoms with Gasteiger partial charge in [-0.2, -0.15) is 0 Å². The molecule has 1 aromatic heterocycles. The van der Waals surface area contributed by atoms with E-state index >= 15 is 0 Å². The fourth-order valence-corrected chi connectivity index (χ4v) is 1.51. The summed E-state index contributed by atoms with van der Waals surface area (Å²) in [6.45, 7) is 2.73. The first kappa shape index (κ1) is 14.9. The minimum Gasteiger partial charge on any atom is -0.466 e. The lowest BCUT2D eigenvalue weighted by Gasteiger charge is -2.09. The summed E-state index contributed by atoms with van der Waals surface area (Å²) in [5.74, 6) is -0.659. The highest BCUT2D eigenvalue weighted by atomic mass is 16.5. The highest BCUT2D eigenvalue weighted by molar-refractivity contribution is 5.95. The van der Waals surface area contributed by atoms with Crippen molar-refractivity contribution in [3.63, 3.8) is 0 Å². The van der Waals surface area contributed by atoms with Crippen LogP contribution in [0.1, 0.15) is 30.1 Å². The van der Waals surface area contributed by atoms with Gasteiger partial charge in [0.15, 0.2) is 0 Å². The van der Waals surface area contributed by atoms with Crippen molar-refractivity contribution < 1.29 is 19.1 Å². The Morgan fingerprint density at radius 3 is 2.89 bits per heavy atom. The average molecular weight is 266 g/mol. The first-order valence-electron chi connectivity index (χ1n) is 6.10. The largest absolute Gasteiger partial charge is 0.466 e. The van der Waals surface area contributed by atoms with Gasteiger partial charge in [0.2, 0.25) is 0 Å². The molecule has 0 atom stereocenters. The Morgan fingerprint density at radius 2 is 2.21 bits per heavy atom. The third-order valence-electron chi connectivity index (χ3n) is 2.40. The Morgan fingerprint density at radius 1 is 1.42 bits per heavy atom. The van der Waals surface area contributed by atoms with Crippen LogP contribution >= 0.6 is 0 Å². The van der Waals surface area contributed by atoms with Crippen LogP contribution in [0.3, 0.4) is 0 Å². The first-order valence-corrected chi connectivity index (χ1v) is 6.10. The van der Waals surface area contributed by atoms with Crippen molar-refractivity contribution in [2.45, 2.75) is 19.8 Å². The fraction of sp³-hybridized carbons (Fsp3) is 0.462. The number of pyridine rings is 1. The molecule has 6 nitrogen and oxygen atoms in total. The Bertz CT molecular complexity index is 434. The summed E-state index contributed by atoms with van der Waals surface area (Å²) >= 11 is 0. The minimum absolute atomic E-state index is 0.216. The number of anilines is 1. The SMILES string of the molecule is CCOC(=O)CCCNc1ccncc1C(=O)OC. The number of methoxy groups -OCH3 is 1. The van der Waals surface area contributed by atoms with E-state index in [2.05, 4.69) is 15.0 Å². The Labute approximate surface area is 112 Å². The number of nitrogens with zero attached hydrogens (tertiary/aromatic N) is 1. The standard InChI is InChI=1S/C13H18N2O4/c1-3-19-12(16)5-4-7-15-11-6-8-14-9-10(11)13(17)18-2/h6,8-9H,3-5,7H2,1-2H3,(H,14,15). The van der Waals surface area contributed by atoms with E-state index in [1.54, 1.807) is 19.2 Å². The van der Waals surface area contributed by atoms with E-state index in [9.17, 15) is 9.59 Å². The summed E-state index contributed by atoms with van der Waals surface area (Å²) in [6, 6.07) is 1.69. The second kappa shape index (κ2) is 8.07. The second-order valence-electron chi connectivity index (χ2n) is 3.75. The van der Waals surface area contributed by atoms with E-state index in [1.807, 2.05) is 0 Å². The molecule has 1 N–H and O–H groups in total. The number of hydrogen-bond acceptors (Lipinski definition) is 6. The summed E-state index contributed by atoms with van der Waals surface area (Å²) in [5.41, 5.74) is 1.02. The molecule has 0 fully saturated rings. The van der Waals surface area contributed by atoms with Crippen LogP contribution in [-0.4, -0.2) is 37.2 Å². The maximum Gasteiger partial charge on any atom is 0.341 e. The third kappa shape index (κ3) is 4.95. The van der Waals surface area contributed by atoms with Gasteiger partial charge in [-0.25, -0.2) is 4.79 Å². The topological polar surface area (TPSA) is 77.5 Å². The summed E-state index contributed by atoms with van der Waals surface area (Å²) in [6.07, 6.45) is 4.00. The number of nitrogens with one attached hydrogen (secondary N) is 1. The van der Waals surface area contributed by atoms with Gasteiger partial charge in [0, 0.05) is 25.4 Å². The second-order valence-corrected chi connectivity index (χ2v) is 3.75. The van der Waals surface area contributed by atoms with Gasteiger partial charge in [-0.3, -0.25) is 9.78 Å². The van der Waals surface area contributed by atoms with E-state index in [-0.39, 0.29) is 5.97 Å². The van der Waals surface area contributed by atoms with E-state index in [0.29, 0.717) is 37.2 Å². The highest BCUT2D eigenvalue weighted by Crippen LogP contribution is 2.14. The zero-order chi connectivity index (χ0) is 14.1.